The lowest BCUT2D eigenvalue weighted by atomic mass is 10.4. The summed E-state index contributed by atoms with van der Waals surface area (Å²) in [5, 5.41) is 0. The molecule has 0 aliphatic carbocycles. The number of hydrogen-bond acceptors (Lipinski definition) is 3. The average Bonchev–Trinajstić information content (AvgIpc) is 2.12. The fraction of sp³-hybridized carbons (Fsp3) is 0.167. The van der Waals surface area contributed by atoms with Crippen LogP contribution in [0.1, 0.15) is 6.42 Å². The van der Waals surface area contributed by atoms with Gasteiger partial charge in [-0.05, 0) is 0 Å². The van der Waals surface area contributed by atoms with Crippen molar-refractivity contribution >= 4 is 29.3 Å². The Labute approximate surface area is 64.4 Å². The summed E-state index contributed by atoms with van der Waals surface area (Å²) in [4.78, 5) is 8.05. The summed E-state index contributed by atoms with van der Waals surface area (Å²) in [6.07, 6.45) is 6.05. The molecule has 0 unspecified atom stereocenters. The first-order chi connectivity index (χ1) is 4.80. The third kappa shape index (κ3) is 1.73. The van der Waals surface area contributed by atoms with Crippen LogP contribution in [0.15, 0.2) is 22.3 Å². The molecule has 0 bridgehead atoms. The van der Waals surface area contributed by atoms with Crippen molar-refractivity contribution in [1.29, 1.82) is 0 Å². The SMILES string of the molecule is NC(=S)C1=NC=CCC=N1. The highest BCUT2D eigenvalue weighted by atomic mass is 32.1. The van der Waals surface area contributed by atoms with Gasteiger partial charge in [0, 0.05) is 18.8 Å². The van der Waals surface area contributed by atoms with Gasteiger partial charge < -0.3 is 5.73 Å². The van der Waals surface area contributed by atoms with E-state index in [2.05, 4.69) is 22.2 Å². The molecule has 0 atom stereocenters. The number of aliphatic imine (C=N–C) groups is 2. The highest BCUT2D eigenvalue weighted by Crippen LogP contribution is 1.91. The molecule has 10 heavy (non-hydrogen) atoms. The van der Waals surface area contributed by atoms with Gasteiger partial charge in [-0.25, -0.2) is 9.98 Å². The summed E-state index contributed by atoms with van der Waals surface area (Å²) in [6, 6.07) is 0. The quantitative estimate of drug-likeness (QED) is 0.562. The molecule has 0 radical (unpaired) electrons. The summed E-state index contributed by atoms with van der Waals surface area (Å²) in [5.74, 6) is 0.434. The summed E-state index contributed by atoms with van der Waals surface area (Å²) in [7, 11) is 0. The normalized spacial score (nSPS) is 16.2. The molecule has 0 saturated heterocycles. The van der Waals surface area contributed by atoms with Crippen LogP contribution < -0.4 is 5.73 Å². The minimum Gasteiger partial charge on any atom is -0.387 e. The Balaban J connectivity index is 2.83. The summed E-state index contributed by atoms with van der Waals surface area (Å²) in [5.41, 5.74) is 5.29. The van der Waals surface area contributed by atoms with Crippen LogP contribution in [0.5, 0.6) is 0 Å². The van der Waals surface area contributed by atoms with E-state index in [0.717, 1.165) is 6.42 Å². The van der Waals surface area contributed by atoms with Gasteiger partial charge in [-0.3, -0.25) is 0 Å². The molecule has 2 N–H and O–H groups in total. The van der Waals surface area contributed by atoms with Gasteiger partial charge in [0.1, 0.15) is 4.99 Å². The lowest BCUT2D eigenvalue weighted by Crippen LogP contribution is -2.18. The maximum absolute atomic E-state index is 5.29. The van der Waals surface area contributed by atoms with Gasteiger partial charge in [-0.1, -0.05) is 18.3 Å². The number of hydrogen-bond donors (Lipinski definition) is 1. The lowest BCUT2D eigenvalue weighted by Gasteiger charge is -1.90. The van der Waals surface area contributed by atoms with Crippen molar-refractivity contribution in [3.63, 3.8) is 0 Å². The van der Waals surface area contributed by atoms with Gasteiger partial charge in [0.2, 0.25) is 0 Å². The predicted octanol–water partition coefficient (Wildman–Crippen LogP) is 0.659. The largest absolute Gasteiger partial charge is 0.387 e. The molecule has 3 nitrogen and oxygen atoms in total. The van der Waals surface area contributed by atoms with Gasteiger partial charge in [0.25, 0.3) is 0 Å². The van der Waals surface area contributed by atoms with E-state index in [4.69, 9.17) is 5.73 Å². The lowest BCUT2D eigenvalue weighted by molar-refractivity contribution is 1.48. The van der Waals surface area contributed by atoms with Crippen molar-refractivity contribution in [3.8, 4) is 0 Å². The molecule has 0 aromatic carbocycles. The van der Waals surface area contributed by atoms with Gasteiger partial charge in [-0.2, -0.15) is 0 Å². The molecule has 0 aromatic rings. The number of allylic oxidation sites excluding steroid dienone is 1. The zero-order chi connectivity index (χ0) is 7.40. The van der Waals surface area contributed by atoms with Crippen molar-refractivity contribution in [1.82, 2.24) is 0 Å². The molecule has 0 fully saturated rings. The van der Waals surface area contributed by atoms with Crippen molar-refractivity contribution in [3.05, 3.63) is 12.3 Å². The van der Waals surface area contributed by atoms with E-state index in [1.165, 1.54) is 0 Å². The van der Waals surface area contributed by atoms with Crippen LogP contribution >= 0.6 is 12.2 Å². The van der Waals surface area contributed by atoms with Gasteiger partial charge >= 0.3 is 0 Å². The second-order valence-electron chi connectivity index (χ2n) is 1.75. The van der Waals surface area contributed by atoms with Crippen molar-refractivity contribution in [2.45, 2.75) is 6.42 Å². The fourth-order valence-corrected chi connectivity index (χ4v) is 0.650. The predicted molar refractivity (Wildman–Crippen MR) is 46.5 cm³/mol. The molecule has 0 amide bonds. The molecule has 0 aromatic heterocycles. The zero-order valence-corrected chi connectivity index (χ0v) is 6.14. The smallest absolute Gasteiger partial charge is 0.186 e. The van der Waals surface area contributed by atoms with Gasteiger partial charge in [0.15, 0.2) is 5.84 Å². The molecule has 0 saturated carbocycles. The van der Waals surface area contributed by atoms with E-state index in [1.54, 1.807) is 12.4 Å². The first-order valence-corrected chi connectivity index (χ1v) is 3.26. The van der Waals surface area contributed by atoms with Crippen LogP contribution in [0.25, 0.3) is 0 Å². The molecular weight excluding hydrogens is 146 g/mol. The second kappa shape index (κ2) is 3.22. The zero-order valence-electron chi connectivity index (χ0n) is 5.32. The third-order valence-electron chi connectivity index (χ3n) is 0.978. The van der Waals surface area contributed by atoms with E-state index in [9.17, 15) is 0 Å². The summed E-state index contributed by atoms with van der Waals surface area (Å²) >= 11 is 4.68. The van der Waals surface area contributed by atoms with E-state index in [1.807, 2.05) is 6.08 Å². The maximum Gasteiger partial charge on any atom is 0.186 e. The first-order valence-electron chi connectivity index (χ1n) is 2.86. The van der Waals surface area contributed by atoms with E-state index >= 15 is 0 Å². The third-order valence-corrected chi connectivity index (χ3v) is 1.16. The Bertz CT molecular complexity index is 227. The molecule has 52 valence electrons. The van der Waals surface area contributed by atoms with Crippen LogP contribution in [-0.2, 0) is 0 Å². The highest BCUT2D eigenvalue weighted by molar-refractivity contribution is 7.82. The fourth-order valence-electron chi connectivity index (χ4n) is 0.545. The monoisotopic (exact) mass is 153 g/mol. The van der Waals surface area contributed by atoms with Crippen LogP contribution in [0.2, 0.25) is 0 Å². The maximum atomic E-state index is 5.29. The number of nitrogens with two attached hydrogens (primary N) is 1. The van der Waals surface area contributed by atoms with Crippen LogP contribution in [0.4, 0.5) is 0 Å². The number of nitrogens with zero attached hydrogens (tertiary/aromatic N) is 2. The average molecular weight is 153 g/mol. The Morgan fingerprint density at radius 1 is 1.70 bits per heavy atom. The van der Waals surface area contributed by atoms with Crippen molar-refractivity contribution < 1.29 is 0 Å². The first kappa shape index (κ1) is 7.08. The summed E-state index contributed by atoms with van der Waals surface area (Å²) < 4.78 is 0. The number of rotatable bonds is 1. The van der Waals surface area contributed by atoms with Gasteiger partial charge in [0.05, 0.1) is 0 Å². The van der Waals surface area contributed by atoms with Crippen molar-refractivity contribution in [2.24, 2.45) is 15.7 Å². The molecular formula is C6H7N3S. The molecule has 4 heteroatoms. The minimum atomic E-state index is 0.239. The van der Waals surface area contributed by atoms with Crippen LogP contribution in [-0.4, -0.2) is 17.0 Å². The minimum absolute atomic E-state index is 0.239. The van der Waals surface area contributed by atoms with Gasteiger partial charge in [-0.15, -0.1) is 0 Å². The van der Waals surface area contributed by atoms with E-state index < -0.39 is 0 Å². The Hall–Kier alpha value is -1.03. The molecule has 0 spiro atoms. The summed E-state index contributed by atoms with van der Waals surface area (Å²) in [6.45, 7) is 0. The Morgan fingerprint density at radius 2 is 2.50 bits per heavy atom. The van der Waals surface area contributed by atoms with E-state index in [-0.39, 0.29) is 4.99 Å². The Kier molecular flexibility index (Phi) is 2.28. The molecule has 1 rings (SSSR count). The van der Waals surface area contributed by atoms with Crippen LogP contribution in [0, 0.1) is 0 Å². The molecule has 1 heterocycles. The standard InChI is InChI=1S/C6H7N3S/c7-5(10)6-8-3-1-2-4-9-6/h1,3-4H,2H2,(H2,7,10). The molecule has 1 aliphatic heterocycles. The van der Waals surface area contributed by atoms with E-state index in [0.29, 0.717) is 5.84 Å². The topological polar surface area (TPSA) is 50.7 Å². The van der Waals surface area contributed by atoms with Crippen molar-refractivity contribution in [2.75, 3.05) is 0 Å². The number of thiocarbonyl (C=S) groups is 1. The number of amidine groups is 1. The molecule has 1 aliphatic rings. The second-order valence-corrected chi connectivity index (χ2v) is 2.19. The highest BCUT2D eigenvalue weighted by Gasteiger charge is 1.97. The Morgan fingerprint density at radius 3 is 3.20 bits per heavy atom. The van der Waals surface area contributed by atoms with Crippen LogP contribution in [0.3, 0.4) is 0 Å².